The van der Waals surface area contributed by atoms with Crippen LogP contribution in [0.2, 0.25) is 0 Å². The van der Waals surface area contributed by atoms with Crippen LogP contribution in [0, 0.1) is 31.5 Å². The van der Waals surface area contributed by atoms with Crippen LogP contribution in [0.15, 0.2) is 47.8 Å². The third-order valence-corrected chi connectivity index (χ3v) is 5.69. The quantitative estimate of drug-likeness (QED) is 0.491. The van der Waals surface area contributed by atoms with E-state index < -0.39 is 21.7 Å². The molecule has 0 amide bonds. The van der Waals surface area contributed by atoms with Crippen LogP contribution in [0.25, 0.3) is 11.0 Å². The number of nitrogens with one attached hydrogen (secondary N) is 2. The lowest BCUT2D eigenvalue weighted by molar-refractivity contribution is 0.596. The summed E-state index contributed by atoms with van der Waals surface area (Å²) >= 11 is 0. The van der Waals surface area contributed by atoms with Crippen molar-refractivity contribution in [2.24, 2.45) is 0 Å². The molecule has 0 saturated carbocycles. The van der Waals surface area contributed by atoms with Gasteiger partial charge in [0.2, 0.25) is 0 Å². The van der Waals surface area contributed by atoms with Gasteiger partial charge in [-0.25, -0.2) is 22.8 Å². The largest absolute Gasteiger partial charge is 0.264 e. The van der Waals surface area contributed by atoms with Crippen LogP contribution in [0.3, 0.4) is 0 Å². The van der Waals surface area contributed by atoms with E-state index in [0.29, 0.717) is 22.6 Å². The zero-order valence-corrected chi connectivity index (χ0v) is 16.7. The molecule has 0 aromatic carbocycles. The third kappa shape index (κ3) is 3.83. The zero-order valence-electron chi connectivity index (χ0n) is 15.9. The standard InChI is InChI=1S/C20H15FN6O2S/c1-12-3-6-17(13(2)25-12)30(28,29)27-20-18(21)15(7-8-22-20)5-4-14-9-16-11-24-26-19(16)23-10-14/h3,6-11H,1-2H3,(H,22,27)(H,23,24,26). The number of aryl methyl sites for hydroxylation is 2. The summed E-state index contributed by atoms with van der Waals surface area (Å²) in [6, 6.07) is 6.11. The Kier molecular flexibility index (Phi) is 4.89. The normalized spacial score (nSPS) is 11.2. The molecule has 150 valence electrons. The fourth-order valence-electron chi connectivity index (χ4n) is 2.80. The van der Waals surface area contributed by atoms with Crippen molar-refractivity contribution < 1.29 is 12.8 Å². The number of sulfonamides is 1. The van der Waals surface area contributed by atoms with E-state index in [1.54, 1.807) is 32.2 Å². The SMILES string of the molecule is Cc1ccc(S(=O)(=O)Nc2nccc(C#Cc3cnc4[nH]ncc4c3)c2F)c(C)n1. The molecule has 0 aliphatic carbocycles. The predicted molar refractivity (Wildman–Crippen MR) is 109 cm³/mol. The van der Waals surface area contributed by atoms with E-state index in [-0.39, 0.29) is 10.5 Å². The summed E-state index contributed by atoms with van der Waals surface area (Å²) in [6.45, 7) is 3.32. The molecule has 4 aromatic rings. The summed E-state index contributed by atoms with van der Waals surface area (Å²) in [7, 11) is -4.07. The second-order valence-corrected chi connectivity index (χ2v) is 8.10. The Morgan fingerprint density at radius 2 is 1.93 bits per heavy atom. The molecule has 0 spiro atoms. The van der Waals surface area contributed by atoms with Crippen molar-refractivity contribution in [1.82, 2.24) is 25.1 Å². The first-order valence-electron chi connectivity index (χ1n) is 8.76. The number of anilines is 1. The molecule has 0 bridgehead atoms. The maximum Gasteiger partial charge on any atom is 0.264 e. The van der Waals surface area contributed by atoms with Crippen molar-refractivity contribution in [3.8, 4) is 11.8 Å². The molecule has 8 nitrogen and oxygen atoms in total. The molecule has 0 saturated heterocycles. The van der Waals surface area contributed by atoms with Gasteiger partial charge in [0.05, 0.1) is 17.5 Å². The van der Waals surface area contributed by atoms with Crippen molar-refractivity contribution in [2.75, 3.05) is 4.72 Å². The Morgan fingerprint density at radius 1 is 1.10 bits per heavy atom. The molecule has 4 rings (SSSR count). The third-order valence-electron chi connectivity index (χ3n) is 4.22. The lowest BCUT2D eigenvalue weighted by Crippen LogP contribution is -2.17. The summed E-state index contributed by atoms with van der Waals surface area (Å²) in [4.78, 5) is 12.1. The first-order valence-corrected chi connectivity index (χ1v) is 10.2. The number of H-pyrrole nitrogens is 1. The van der Waals surface area contributed by atoms with Crippen LogP contribution < -0.4 is 4.72 Å². The van der Waals surface area contributed by atoms with Crippen molar-refractivity contribution in [3.63, 3.8) is 0 Å². The van der Waals surface area contributed by atoms with Gasteiger partial charge in [-0.05, 0) is 38.1 Å². The van der Waals surface area contributed by atoms with Crippen LogP contribution in [0.1, 0.15) is 22.5 Å². The number of halogens is 1. The van der Waals surface area contributed by atoms with Crippen molar-refractivity contribution in [2.45, 2.75) is 18.7 Å². The second-order valence-electron chi connectivity index (χ2n) is 6.44. The van der Waals surface area contributed by atoms with Crippen LogP contribution >= 0.6 is 0 Å². The molecule has 30 heavy (non-hydrogen) atoms. The van der Waals surface area contributed by atoms with E-state index in [4.69, 9.17) is 0 Å². The smallest absolute Gasteiger partial charge is 0.261 e. The minimum atomic E-state index is -4.07. The molecule has 2 N–H and O–H groups in total. The highest BCUT2D eigenvalue weighted by Gasteiger charge is 2.21. The summed E-state index contributed by atoms with van der Waals surface area (Å²) in [5.41, 5.74) is 2.16. The molecule has 0 aliphatic heterocycles. The number of hydrogen-bond donors (Lipinski definition) is 2. The molecule has 10 heteroatoms. The van der Waals surface area contributed by atoms with Crippen LogP contribution in [-0.4, -0.2) is 33.6 Å². The van der Waals surface area contributed by atoms with Gasteiger partial charge in [0.1, 0.15) is 4.90 Å². The molecular formula is C20H15FN6O2S. The van der Waals surface area contributed by atoms with Crippen LogP contribution in [0.5, 0.6) is 0 Å². The first-order chi connectivity index (χ1) is 14.3. The summed E-state index contributed by atoms with van der Waals surface area (Å²) in [5, 5.41) is 7.39. The first kappa shape index (κ1) is 19.5. The number of rotatable bonds is 3. The highest BCUT2D eigenvalue weighted by molar-refractivity contribution is 7.92. The van der Waals surface area contributed by atoms with E-state index in [9.17, 15) is 12.8 Å². The number of pyridine rings is 3. The van der Waals surface area contributed by atoms with E-state index in [0.717, 1.165) is 5.39 Å². The lowest BCUT2D eigenvalue weighted by atomic mass is 10.2. The van der Waals surface area contributed by atoms with Crippen molar-refractivity contribution in [1.29, 1.82) is 0 Å². The number of fused-ring (bicyclic) bond motifs is 1. The van der Waals surface area contributed by atoms with E-state index in [2.05, 4.69) is 41.7 Å². The van der Waals surface area contributed by atoms with Gasteiger partial charge >= 0.3 is 0 Å². The Labute approximate surface area is 171 Å². The molecule has 4 aromatic heterocycles. The van der Waals surface area contributed by atoms with Gasteiger partial charge < -0.3 is 0 Å². The number of nitrogens with zero attached hydrogens (tertiary/aromatic N) is 4. The molecular weight excluding hydrogens is 407 g/mol. The van der Waals surface area contributed by atoms with Gasteiger partial charge in [0, 0.05) is 29.0 Å². The number of aromatic nitrogens is 5. The topological polar surface area (TPSA) is 114 Å². The van der Waals surface area contributed by atoms with E-state index >= 15 is 0 Å². The number of aromatic amines is 1. The minimum Gasteiger partial charge on any atom is -0.261 e. The molecule has 0 aliphatic rings. The van der Waals surface area contributed by atoms with Gasteiger partial charge in [-0.2, -0.15) is 5.10 Å². The molecule has 0 fully saturated rings. The van der Waals surface area contributed by atoms with E-state index in [1.165, 1.54) is 24.5 Å². The van der Waals surface area contributed by atoms with Crippen molar-refractivity contribution in [3.05, 3.63) is 71.2 Å². The average molecular weight is 422 g/mol. The molecule has 0 atom stereocenters. The fraction of sp³-hybridized carbons (Fsp3) is 0.100. The Morgan fingerprint density at radius 3 is 2.73 bits per heavy atom. The highest BCUT2D eigenvalue weighted by atomic mass is 32.2. The maximum absolute atomic E-state index is 14.9. The molecule has 0 radical (unpaired) electrons. The number of hydrogen-bond acceptors (Lipinski definition) is 6. The minimum absolute atomic E-state index is 0.00579. The average Bonchev–Trinajstić information content (AvgIpc) is 3.16. The molecule has 4 heterocycles. The van der Waals surface area contributed by atoms with E-state index in [1.807, 2.05) is 0 Å². The fourth-order valence-corrected chi connectivity index (χ4v) is 3.98. The predicted octanol–water partition coefficient (Wildman–Crippen LogP) is 2.70. The lowest BCUT2D eigenvalue weighted by Gasteiger charge is -2.10. The van der Waals surface area contributed by atoms with Gasteiger partial charge in [0.25, 0.3) is 10.0 Å². The Balaban J connectivity index is 1.65. The van der Waals surface area contributed by atoms with Crippen LogP contribution in [0.4, 0.5) is 10.2 Å². The van der Waals surface area contributed by atoms with Gasteiger partial charge in [-0.3, -0.25) is 14.8 Å². The van der Waals surface area contributed by atoms with Gasteiger partial charge in [-0.1, -0.05) is 11.8 Å². The Bertz CT molecular complexity index is 1440. The van der Waals surface area contributed by atoms with Gasteiger partial charge in [0.15, 0.2) is 17.3 Å². The zero-order chi connectivity index (χ0) is 21.3. The monoisotopic (exact) mass is 422 g/mol. The Hall–Kier alpha value is -3.84. The van der Waals surface area contributed by atoms with Crippen LogP contribution in [-0.2, 0) is 10.0 Å². The summed E-state index contributed by atoms with van der Waals surface area (Å²) in [6.07, 6.45) is 4.42. The molecule has 0 unspecified atom stereocenters. The highest BCUT2D eigenvalue weighted by Crippen LogP contribution is 2.21. The summed E-state index contributed by atoms with van der Waals surface area (Å²) < 4.78 is 42.4. The maximum atomic E-state index is 14.9. The summed E-state index contributed by atoms with van der Waals surface area (Å²) in [5.74, 6) is 4.19. The van der Waals surface area contributed by atoms with Crippen molar-refractivity contribution >= 4 is 26.9 Å². The second kappa shape index (κ2) is 7.53. The van der Waals surface area contributed by atoms with Gasteiger partial charge in [-0.15, -0.1) is 0 Å².